The van der Waals surface area contributed by atoms with Crippen molar-refractivity contribution in [1.82, 2.24) is 4.90 Å². The molecule has 0 bridgehead atoms. The molecule has 2 aliphatic rings. The van der Waals surface area contributed by atoms with Crippen molar-refractivity contribution in [3.05, 3.63) is 11.6 Å². The largest absolute Gasteiger partial charge is 0.300 e. The van der Waals surface area contributed by atoms with Gasteiger partial charge in [0.25, 0.3) is 0 Å². The molecule has 2 heterocycles. The summed E-state index contributed by atoms with van der Waals surface area (Å²) in [6.45, 7) is 4.94. The molecule has 0 aliphatic carbocycles. The minimum absolute atomic E-state index is 0.897. The van der Waals surface area contributed by atoms with Gasteiger partial charge in [-0.25, -0.2) is 0 Å². The number of nitrogens with zero attached hydrogens (tertiary/aromatic N) is 1. The Balaban J connectivity index is 2.05. The summed E-state index contributed by atoms with van der Waals surface area (Å²) in [7, 11) is 0. The summed E-state index contributed by atoms with van der Waals surface area (Å²) in [5.41, 5.74) is 1.61. The predicted molar refractivity (Wildman–Crippen MR) is 47.6 cm³/mol. The van der Waals surface area contributed by atoms with Crippen molar-refractivity contribution in [2.75, 3.05) is 13.1 Å². The Morgan fingerprint density at radius 1 is 1.45 bits per heavy atom. The molecule has 2 rings (SSSR count). The SMILES string of the molecule is CC1=CCCN2CCCC2C1. The first-order valence-corrected chi connectivity index (χ1v) is 4.76. The van der Waals surface area contributed by atoms with Crippen molar-refractivity contribution >= 4 is 0 Å². The normalized spacial score (nSPS) is 32.8. The van der Waals surface area contributed by atoms with Crippen LogP contribution in [0.5, 0.6) is 0 Å². The third-order valence-corrected chi connectivity index (χ3v) is 2.97. The molecule has 0 N–H and O–H groups in total. The van der Waals surface area contributed by atoms with Crippen LogP contribution in [0.4, 0.5) is 0 Å². The van der Waals surface area contributed by atoms with E-state index < -0.39 is 0 Å². The molecule has 0 aromatic carbocycles. The number of fused-ring (bicyclic) bond motifs is 1. The maximum absolute atomic E-state index is 2.66. The van der Waals surface area contributed by atoms with Crippen LogP contribution in [0.15, 0.2) is 11.6 Å². The molecule has 1 fully saturated rings. The summed E-state index contributed by atoms with van der Waals surface area (Å²) in [6, 6.07) is 0.897. The van der Waals surface area contributed by atoms with Gasteiger partial charge in [0, 0.05) is 12.6 Å². The first kappa shape index (κ1) is 7.35. The van der Waals surface area contributed by atoms with Crippen molar-refractivity contribution in [3.63, 3.8) is 0 Å². The fourth-order valence-electron chi connectivity index (χ4n) is 2.35. The Kier molecular flexibility index (Phi) is 1.99. The lowest BCUT2D eigenvalue weighted by Crippen LogP contribution is -2.28. The van der Waals surface area contributed by atoms with Crippen LogP contribution in [0.1, 0.15) is 32.6 Å². The second-order valence-electron chi connectivity index (χ2n) is 3.88. The molecule has 0 radical (unpaired) electrons. The van der Waals surface area contributed by atoms with Gasteiger partial charge in [0.05, 0.1) is 0 Å². The highest BCUT2D eigenvalue weighted by atomic mass is 15.2. The van der Waals surface area contributed by atoms with Crippen LogP contribution in [0.3, 0.4) is 0 Å². The number of hydrogen-bond donors (Lipinski definition) is 0. The second kappa shape index (κ2) is 2.98. The van der Waals surface area contributed by atoms with Gasteiger partial charge in [-0.2, -0.15) is 0 Å². The Morgan fingerprint density at radius 3 is 3.27 bits per heavy atom. The molecule has 0 amide bonds. The van der Waals surface area contributed by atoms with E-state index >= 15 is 0 Å². The number of hydrogen-bond acceptors (Lipinski definition) is 1. The summed E-state index contributed by atoms with van der Waals surface area (Å²) in [5.74, 6) is 0. The van der Waals surface area contributed by atoms with Crippen molar-refractivity contribution in [1.29, 1.82) is 0 Å². The van der Waals surface area contributed by atoms with E-state index in [4.69, 9.17) is 0 Å². The third-order valence-electron chi connectivity index (χ3n) is 2.97. The molecule has 62 valence electrons. The first-order valence-electron chi connectivity index (χ1n) is 4.76. The molecule has 11 heavy (non-hydrogen) atoms. The smallest absolute Gasteiger partial charge is 0.0133 e. The van der Waals surface area contributed by atoms with Crippen LogP contribution in [0.2, 0.25) is 0 Å². The molecule has 0 saturated carbocycles. The maximum atomic E-state index is 2.66. The highest BCUT2D eigenvalue weighted by Crippen LogP contribution is 2.25. The zero-order chi connectivity index (χ0) is 7.68. The topological polar surface area (TPSA) is 3.24 Å². The molecule has 1 nitrogen and oxygen atoms in total. The monoisotopic (exact) mass is 151 g/mol. The van der Waals surface area contributed by atoms with E-state index in [1.807, 2.05) is 0 Å². The van der Waals surface area contributed by atoms with E-state index in [0.717, 1.165) is 6.04 Å². The number of rotatable bonds is 0. The maximum Gasteiger partial charge on any atom is 0.0133 e. The standard InChI is InChI=1S/C10H17N/c1-9-4-2-6-11-7-3-5-10(11)8-9/h4,10H,2-3,5-8H2,1H3. The van der Waals surface area contributed by atoms with Crippen molar-refractivity contribution < 1.29 is 0 Å². The van der Waals surface area contributed by atoms with Gasteiger partial charge < -0.3 is 0 Å². The van der Waals surface area contributed by atoms with E-state index in [1.54, 1.807) is 5.57 Å². The van der Waals surface area contributed by atoms with Crippen LogP contribution in [-0.4, -0.2) is 24.0 Å². The molecule has 1 saturated heterocycles. The quantitative estimate of drug-likeness (QED) is 0.480. The minimum Gasteiger partial charge on any atom is -0.300 e. The molecule has 0 spiro atoms. The van der Waals surface area contributed by atoms with Crippen LogP contribution in [0.25, 0.3) is 0 Å². The van der Waals surface area contributed by atoms with Crippen molar-refractivity contribution in [2.45, 2.75) is 38.6 Å². The zero-order valence-corrected chi connectivity index (χ0v) is 7.34. The summed E-state index contributed by atoms with van der Waals surface area (Å²) < 4.78 is 0. The summed E-state index contributed by atoms with van der Waals surface area (Å²) in [6.07, 6.45) is 7.89. The molecule has 2 aliphatic heterocycles. The summed E-state index contributed by atoms with van der Waals surface area (Å²) >= 11 is 0. The predicted octanol–water partition coefficient (Wildman–Crippen LogP) is 2.19. The van der Waals surface area contributed by atoms with E-state index in [2.05, 4.69) is 17.9 Å². The average Bonchev–Trinajstić information content (AvgIpc) is 2.31. The summed E-state index contributed by atoms with van der Waals surface area (Å²) in [4.78, 5) is 2.66. The van der Waals surface area contributed by atoms with Crippen molar-refractivity contribution in [3.8, 4) is 0 Å². The third kappa shape index (κ3) is 1.48. The fraction of sp³-hybridized carbons (Fsp3) is 0.800. The Morgan fingerprint density at radius 2 is 2.36 bits per heavy atom. The minimum atomic E-state index is 0.897. The molecule has 0 aromatic heterocycles. The van der Waals surface area contributed by atoms with Gasteiger partial charge in [-0.05, 0) is 39.2 Å². The molecular formula is C10H17N. The van der Waals surface area contributed by atoms with Crippen LogP contribution < -0.4 is 0 Å². The Hall–Kier alpha value is -0.300. The van der Waals surface area contributed by atoms with Crippen LogP contribution in [0, 0.1) is 0 Å². The lowest BCUT2D eigenvalue weighted by Gasteiger charge is -2.21. The average molecular weight is 151 g/mol. The highest BCUT2D eigenvalue weighted by Gasteiger charge is 2.24. The molecule has 1 atom stereocenters. The van der Waals surface area contributed by atoms with Gasteiger partial charge in [0.2, 0.25) is 0 Å². The molecule has 0 aromatic rings. The lowest BCUT2D eigenvalue weighted by atomic mass is 10.1. The van der Waals surface area contributed by atoms with Crippen molar-refractivity contribution in [2.24, 2.45) is 0 Å². The lowest BCUT2D eigenvalue weighted by molar-refractivity contribution is 0.264. The Labute approximate surface area is 69.1 Å². The van der Waals surface area contributed by atoms with E-state index in [-0.39, 0.29) is 0 Å². The van der Waals surface area contributed by atoms with E-state index in [1.165, 1.54) is 38.8 Å². The summed E-state index contributed by atoms with van der Waals surface area (Å²) in [5, 5.41) is 0. The van der Waals surface area contributed by atoms with Gasteiger partial charge in [-0.15, -0.1) is 0 Å². The zero-order valence-electron chi connectivity index (χ0n) is 7.34. The first-order chi connectivity index (χ1) is 5.36. The van der Waals surface area contributed by atoms with Gasteiger partial charge >= 0.3 is 0 Å². The van der Waals surface area contributed by atoms with E-state index in [0.29, 0.717) is 0 Å². The van der Waals surface area contributed by atoms with E-state index in [9.17, 15) is 0 Å². The van der Waals surface area contributed by atoms with Gasteiger partial charge in [-0.3, -0.25) is 4.90 Å². The molecule has 1 unspecified atom stereocenters. The fourth-order valence-corrected chi connectivity index (χ4v) is 2.35. The van der Waals surface area contributed by atoms with Crippen LogP contribution in [-0.2, 0) is 0 Å². The molecular weight excluding hydrogens is 134 g/mol. The highest BCUT2D eigenvalue weighted by molar-refractivity contribution is 5.05. The Bertz CT molecular complexity index is 172. The van der Waals surface area contributed by atoms with Gasteiger partial charge in [0.1, 0.15) is 0 Å². The second-order valence-corrected chi connectivity index (χ2v) is 3.88. The van der Waals surface area contributed by atoms with Gasteiger partial charge in [0.15, 0.2) is 0 Å². The van der Waals surface area contributed by atoms with Crippen LogP contribution >= 0.6 is 0 Å². The molecule has 1 heteroatoms. The van der Waals surface area contributed by atoms with Gasteiger partial charge in [-0.1, -0.05) is 11.6 Å².